The summed E-state index contributed by atoms with van der Waals surface area (Å²) in [5.41, 5.74) is 1.66. The van der Waals surface area contributed by atoms with E-state index >= 15 is 0 Å². The lowest BCUT2D eigenvalue weighted by Gasteiger charge is -2.25. The van der Waals surface area contributed by atoms with Crippen LogP contribution in [0.15, 0.2) is 18.6 Å². The van der Waals surface area contributed by atoms with Crippen LogP contribution in [0.2, 0.25) is 0 Å². The van der Waals surface area contributed by atoms with Crippen molar-refractivity contribution in [2.45, 2.75) is 45.6 Å². The molecule has 2 aromatic rings. The summed E-state index contributed by atoms with van der Waals surface area (Å²) in [5.74, 6) is 2.39. The smallest absolute Gasteiger partial charge is 0.273 e. The Hall–Kier alpha value is -1.93. The van der Waals surface area contributed by atoms with Crippen LogP contribution >= 0.6 is 11.8 Å². The highest BCUT2D eigenvalue weighted by atomic mass is 32.2. The van der Waals surface area contributed by atoms with Crippen LogP contribution in [0, 0.1) is 5.92 Å². The monoisotopic (exact) mass is 431 g/mol. The summed E-state index contributed by atoms with van der Waals surface area (Å²) in [5, 5.41) is 0. The van der Waals surface area contributed by atoms with Gasteiger partial charge in [-0.15, -0.1) is 0 Å². The number of rotatable bonds is 7. The third-order valence-electron chi connectivity index (χ3n) is 5.34. The standard InChI is InChI=1S/C22H33N5O2S/c1-22(2,3)21-25-19(15-27(21)14-16-6-9-29-10-7-16)17-12-23-13-18(24-17)20(28)26(4)8-11-30-5/h12-13,15-16H,6-11,14H2,1-5H3. The number of ether oxygens (including phenoxy) is 1. The van der Waals surface area contributed by atoms with Crippen LogP contribution in [0.3, 0.4) is 0 Å². The van der Waals surface area contributed by atoms with Crippen molar-refractivity contribution in [2.24, 2.45) is 5.92 Å². The molecule has 2 aromatic heterocycles. The number of carbonyl (C=O) groups excluding carboxylic acids is 1. The molecular weight excluding hydrogens is 398 g/mol. The van der Waals surface area contributed by atoms with Crippen LogP contribution in [0.4, 0.5) is 0 Å². The van der Waals surface area contributed by atoms with E-state index in [9.17, 15) is 4.79 Å². The van der Waals surface area contributed by atoms with E-state index in [1.54, 1.807) is 29.9 Å². The fourth-order valence-electron chi connectivity index (χ4n) is 3.60. The molecule has 1 aliphatic heterocycles. The Morgan fingerprint density at radius 3 is 2.63 bits per heavy atom. The van der Waals surface area contributed by atoms with Gasteiger partial charge in [-0.3, -0.25) is 9.78 Å². The molecule has 1 fully saturated rings. The van der Waals surface area contributed by atoms with Crippen LogP contribution in [-0.4, -0.2) is 69.1 Å². The number of amides is 1. The van der Waals surface area contributed by atoms with Crippen LogP contribution in [0.1, 0.15) is 49.9 Å². The number of carbonyl (C=O) groups is 1. The maximum atomic E-state index is 12.7. The first kappa shape index (κ1) is 22.7. The average Bonchev–Trinajstić information content (AvgIpc) is 3.16. The first-order chi connectivity index (χ1) is 14.3. The maximum absolute atomic E-state index is 12.7. The number of thioether (sulfide) groups is 1. The van der Waals surface area contributed by atoms with Gasteiger partial charge < -0.3 is 14.2 Å². The van der Waals surface area contributed by atoms with E-state index in [0.29, 0.717) is 23.9 Å². The van der Waals surface area contributed by atoms with Gasteiger partial charge in [0.1, 0.15) is 22.9 Å². The Morgan fingerprint density at radius 1 is 1.23 bits per heavy atom. The summed E-state index contributed by atoms with van der Waals surface area (Å²) in [7, 11) is 1.80. The lowest BCUT2D eigenvalue weighted by molar-refractivity contribution is 0.0607. The van der Waals surface area contributed by atoms with Crippen molar-refractivity contribution in [1.82, 2.24) is 24.4 Å². The largest absolute Gasteiger partial charge is 0.381 e. The van der Waals surface area contributed by atoms with E-state index in [1.807, 2.05) is 6.26 Å². The Bertz CT molecular complexity index is 855. The average molecular weight is 432 g/mol. The summed E-state index contributed by atoms with van der Waals surface area (Å²) in [6.07, 6.45) is 9.46. The molecule has 0 atom stereocenters. The van der Waals surface area contributed by atoms with E-state index < -0.39 is 0 Å². The minimum atomic E-state index is -0.115. The molecule has 1 amide bonds. The van der Waals surface area contributed by atoms with E-state index in [-0.39, 0.29) is 11.3 Å². The highest BCUT2D eigenvalue weighted by Crippen LogP contribution is 2.28. The second-order valence-corrected chi connectivity index (χ2v) is 9.90. The number of hydrogen-bond donors (Lipinski definition) is 0. The topological polar surface area (TPSA) is 73.1 Å². The van der Waals surface area contributed by atoms with E-state index in [0.717, 1.165) is 49.9 Å². The Kier molecular flexibility index (Phi) is 7.52. The minimum Gasteiger partial charge on any atom is -0.381 e. The van der Waals surface area contributed by atoms with Crippen LogP contribution in [0.5, 0.6) is 0 Å². The molecule has 0 bridgehead atoms. The SMILES string of the molecule is CSCCN(C)C(=O)c1cncc(-c2cn(CC3CCOCC3)c(C(C)(C)C)n2)n1. The summed E-state index contributed by atoms with van der Waals surface area (Å²) in [6.45, 7) is 9.78. The van der Waals surface area contributed by atoms with Crippen molar-refractivity contribution in [1.29, 1.82) is 0 Å². The predicted molar refractivity (Wildman–Crippen MR) is 121 cm³/mol. The number of nitrogens with zero attached hydrogens (tertiary/aromatic N) is 5. The Labute approximate surface area is 183 Å². The Balaban J connectivity index is 1.87. The molecule has 0 saturated carbocycles. The molecule has 3 rings (SSSR count). The van der Waals surface area contributed by atoms with Gasteiger partial charge >= 0.3 is 0 Å². The lowest BCUT2D eigenvalue weighted by Crippen LogP contribution is -2.29. The van der Waals surface area contributed by atoms with Crippen LogP contribution in [0.25, 0.3) is 11.4 Å². The van der Waals surface area contributed by atoms with Gasteiger partial charge in [0.15, 0.2) is 0 Å². The zero-order valence-corrected chi connectivity index (χ0v) is 19.5. The lowest BCUT2D eigenvalue weighted by atomic mass is 9.94. The van der Waals surface area contributed by atoms with E-state index in [2.05, 4.69) is 41.5 Å². The second-order valence-electron chi connectivity index (χ2n) is 8.92. The van der Waals surface area contributed by atoms with Gasteiger partial charge in [-0.2, -0.15) is 11.8 Å². The summed E-state index contributed by atoms with van der Waals surface area (Å²) >= 11 is 1.71. The van der Waals surface area contributed by atoms with Crippen molar-refractivity contribution >= 4 is 17.7 Å². The van der Waals surface area contributed by atoms with Gasteiger partial charge in [0, 0.05) is 50.7 Å². The van der Waals surface area contributed by atoms with Crippen LogP contribution in [-0.2, 0) is 16.7 Å². The fourth-order valence-corrected chi connectivity index (χ4v) is 4.06. The third kappa shape index (κ3) is 5.60. The van der Waals surface area contributed by atoms with Gasteiger partial charge in [-0.05, 0) is 25.0 Å². The van der Waals surface area contributed by atoms with Gasteiger partial charge in [0.05, 0.1) is 12.4 Å². The van der Waals surface area contributed by atoms with Gasteiger partial charge in [0.2, 0.25) is 0 Å². The molecule has 0 radical (unpaired) electrons. The second kappa shape index (κ2) is 9.92. The zero-order chi connectivity index (χ0) is 21.7. The van der Waals surface area contributed by atoms with E-state index in [1.165, 1.54) is 6.20 Å². The molecule has 0 unspecified atom stereocenters. The fraction of sp³-hybridized carbons (Fsp3) is 0.636. The minimum absolute atomic E-state index is 0.0949. The molecule has 8 heteroatoms. The molecule has 164 valence electrons. The molecule has 1 aliphatic rings. The van der Waals surface area contributed by atoms with Crippen molar-refractivity contribution < 1.29 is 9.53 Å². The van der Waals surface area contributed by atoms with Gasteiger partial charge in [-0.25, -0.2) is 9.97 Å². The summed E-state index contributed by atoms with van der Waals surface area (Å²) < 4.78 is 7.76. The number of aromatic nitrogens is 4. The maximum Gasteiger partial charge on any atom is 0.273 e. The molecule has 7 nitrogen and oxygen atoms in total. The van der Waals surface area contributed by atoms with E-state index in [4.69, 9.17) is 9.72 Å². The van der Waals surface area contributed by atoms with Crippen LogP contribution < -0.4 is 0 Å². The Morgan fingerprint density at radius 2 is 1.97 bits per heavy atom. The number of hydrogen-bond acceptors (Lipinski definition) is 6. The normalized spacial score (nSPS) is 15.4. The van der Waals surface area contributed by atoms with Crippen molar-refractivity contribution in [2.75, 3.05) is 38.8 Å². The predicted octanol–water partition coefficient (Wildman–Crippen LogP) is 3.50. The van der Waals surface area contributed by atoms with Crippen molar-refractivity contribution in [3.8, 4) is 11.4 Å². The van der Waals surface area contributed by atoms with Gasteiger partial charge in [-0.1, -0.05) is 20.8 Å². The highest BCUT2D eigenvalue weighted by molar-refractivity contribution is 7.98. The molecular formula is C22H33N5O2S. The summed E-state index contributed by atoms with van der Waals surface area (Å²) in [4.78, 5) is 28.2. The molecule has 0 N–H and O–H groups in total. The molecule has 0 spiro atoms. The molecule has 0 aromatic carbocycles. The first-order valence-electron chi connectivity index (χ1n) is 10.5. The first-order valence-corrected chi connectivity index (χ1v) is 11.9. The molecule has 30 heavy (non-hydrogen) atoms. The highest BCUT2D eigenvalue weighted by Gasteiger charge is 2.25. The van der Waals surface area contributed by atoms with Crippen molar-refractivity contribution in [3.05, 3.63) is 30.1 Å². The van der Waals surface area contributed by atoms with Crippen molar-refractivity contribution in [3.63, 3.8) is 0 Å². The zero-order valence-electron chi connectivity index (χ0n) is 18.7. The quantitative estimate of drug-likeness (QED) is 0.668. The third-order valence-corrected chi connectivity index (χ3v) is 5.93. The van der Waals surface area contributed by atoms with Gasteiger partial charge in [0.25, 0.3) is 5.91 Å². The number of imidazole rings is 1. The molecule has 1 saturated heterocycles. The molecule has 0 aliphatic carbocycles. The summed E-state index contributed by atoms with van der Waals surface area (Å²) in [6, 6.07) is 0. The molecule has 3 heterocycles.